The van der Waals surface area contributed by atoms with Crippen LogP contribution in [0.1, 0.15) is 73.6 Å². The highest BCUT2D eigenvalue weighted by Crippen LogP contribution is 2.65. The highest BCUT2D eigenvalue weighted by molar-refractivity contribution is 6.03. The summed E-state index contributed by atoms with van der Waals surface area (Å²) in [6, 6.07) is 6.51. The second kappa shape index (κ2) is 13.7. The normalized spacial score (nSPS) is 28.6. The molecule has 3 unspecified atom stereocenters. The Kier molecular flexibility index (Phi) is 10.5. The number of rotatable bonds is 15. The molecule has 3 amide bonds. The highest BCUT2D eigenvalue weighted by Gasteiger charge is 2.80. The van der Waals surface area contributed by atoms with Crippen LogP contribution in [0.3, 0.4) is 0 Å². The number of hydrogen-bond acceptors (Lipinski definition) is 6. The molecule has 9 heteroatoms. The van der Waals surface area contributed by atoms with Gasteiger partial charge in [-0.1, -0.05) is 31.9 Å². The fraction of sp³-hybridized carbons (Fsp3) is 0.639. The summed E-state index contributed by atoms with van der Waals surface area (Å²) < 4.78 is 12.6. The lowest BCUT2D eigenvalue weighted by molar-refractivity contribution is -0.155. The van der Waals surface area contributed by atoms with E-state index in [-0.39, 0.29) is 36.8 Å². The van der Waals surface area contributed by atoms with Crippen molar-refractivity contribution in [3.05, 3.63) is 49.6 Å². The predicted molar refractivity (Wildman–Crippen MR) is 176 cm³/mol. The molecule has 1 N–H and O–H groups in total. The summed E-state index contributed by atoms with van der Waals surface area (Å²) in [5.41, 5.74) is -1.90. The van der Waals surface area contributed by atoms with Crippen molar-refractivity contribution in [1.82, 2.24) is 9.80 Å². The fourth-order valence-corrected chi connectivity index (χ4v) is 7.86. The van der Waals surface area contributed by atoms with E-state index in [1.165, 1.54) is 0 Å². The number of ether oxygens (including phenoxy) is 2. The maximum Gasteiger partial charge on any atom is 0.249 e. The van der Waals surface area contributed by atoms with E-state index in [4.69, 9.17) is 9.47 Å². The molecular weight excluding hydrogens is 570 g/mol. The van der Waals surface area contributed by atoms with Crippen molar-refractivity contribution in [2.75, 3.05) is 37.7 Å². The molecule has 3 saturated heterocycles. The van der Waals surface area contributed by atoms with Crippen molar-refractivity contribution < 1.29 is 29.0 Å². The van der Waals surface area contributed by atoms with E-state index in [0.717, 1.165) is 12.8 Å². The van der Waals surface area contributed by atoms with Crippen LogP contribution in [0.25, 0.3) is 0 Å². The van der Waals surface area contributed by atoms with Crippen LogP contribution in [0.5, 0.6) is 5.75 Å². The summed E-state index contributed by atoms with van der Waals surface area (Å²) in [6.07, 6.45) is 6.94. The van der Waals surface area contributed by atoms with Gasteiger partial charge in [-0.05, 0) is 84.1 Å². The van der Waals surface area contributed by atoms with E-state index in [2.05, 4.69) is 20.1 Å². The van der Waals surface area contributed by atoms with Crippen LogP contribution in [-0.2, 0) is 19.1 Å². The zero-order valence-electron chi connectivity index (χ0n) is 28.1. The number of aliphatic hydroxyl groups excluding tert-OH is 1. The third-order valence-electron chi connectivity index (χ3n) is 10.0. The number of carbonyl (C=O) groups excluding carboxylic acids is 3. The van der Waals surface area contributed by atoms with Crippen molar-refractivity contribution >= 4 is 23.4 Å². The van der Waals surface area contributed by atoms with Gasteiger partial charge >= 0.3 is 0 Å². The van der Waals surface area contributed by atoms with Gasteiger partial charge in [-0.3, -0.25) is 14.4 Å². The lowest BCUT2D eigenvalue weighted by Crippen LogP contribution is -2.60. The average molecular weight is 624 g/mol. The Balaban J connectivity index is 1.78. The number of likely N-dealkylation sites (tertiary alicyclic amines) is 1. The van der Waals surface area contributed by atoms with Crippen molar-refractivity contribution in [2.24, 2.45) is 17.8 Å². The number of hydrogen-bond donors (Lipinski definition) is 1. The van der Waals surface area contributed by atoms with E-state index < -0.39 is 34.6 Å². The number of unbranched alkanes of at least 4 members (excludes halogenated alkanes) is 3. The maximum atomic E-state index is 14.7. The van der Waals surface area contributed by atoms with Gasteiger partial charge < -0.3 is 29.3 Å². The van der Waals surface area contributed by atoms with Crippen LogP contribution >= 0.6 is 0 Å². The van der Waals surface area contributed by atoms with Gasteiger partial charge in [-0.25, -0.2) is 0 Å². The third kappa shape index (κ3) is 6.18. The van der Waals surface area contributed by atoms with Gasteiger partial charge in [-0.2, -0.15) is 0 Å². The van der Waals surface area contributed by atoms with Gasteiger partial charge in [0.1, 0.15) is 17.4 Å². The lowest BCUT2D eigenvalue weighted by Gasteiger charge is -2.42. The summed E-state index contributed by atoms with van der Waals surface area (Å²) >= 11 is 0. The first kappa shape index (κ1) is 34.7. The van der Waals surface area contributed by atoms with E-state index in [1.54, 1.807) is 26.9 Å². The summed E-state index contributed by atoms with van der Waals surface area (Å²) in [5.74, 6) is -1.50. The minimum Gasteiger partial charge on any atom is -0.494 e. The molecule has 1 aromatic rings. The summed E-state index contributed by atoms with van der Waals surface area (Å²) in [5, 5.41) is 9.25. The number of carbonyl (C=O) groups is 3. The van der Waals surface area contributed by atoms with Gasteiger partial charge in [0.25, 0.3) is 0 Å². The topological polar surface area (TPSA) is 99.6 Å². The molecule has 3 aliphatic rings. The summed E-state index contributed by atoms with van der Waals surface area (Å²) in [6.45, 7) is 21.3. The molecule has 0 saturated carbocycles. The zero-order chi connectivity index (χ0) is 33.2. The smallest absolute Gasteiger partial charge is 0.249 e. The predicted octanol–water partition coefficient (Wildman–Crippen LogP) is 4.98. The molecule has 1 aromatic carbocycles. The van der Waals surface area contributed by atoms with E-state index in [9.17, 15) is 19.5 Å². The number of aliphatic hydroxyl groups is 1. The van der Waals surface area contributed by atoms with Gasteiger partial charge in [0.2, 0.25) is 17.7 Å². The molecule has 45 heavy (non-hydrogen) atoms. The highest BCUT2D eigenvalue weighted by atomic mass is 16.5. The molecule has 0 radical (unpaired) electrons. The van der Waals surface area contributed by atoms with E-state index in [1.807, 2.05) is 58.9 Å². The number of benzene rings is 1. The zero-order valence-corrected chi connectivity index (χ0v) is 28.1. The molecule has 4 rings (SSSR count). The largest absolute Gasteiger partial charge is 0.494 e. The molecule has 0 aromatic heterocycles. The van der Waals surface area contributed by atoms with Gasteiger partial charge in [0, 0.05) is 37.5 Å². The van der Waals surface area contributed by atoms with Gasteiger partial charge in [0.05, 0.1) is 24.0 Å². The van der Waals surface area contributed by atoms with Crippen LogP contribution in [0.4, 0.5) is 5.69 Å². The molecule has 0 aliphatic carbocycles. The van der Waals surface area contributed by atoms with E-state index >= 15 is 0 Å². The Morgan fingerprint density at radius 2 is 1.73 bits per heavy atom. The van der Waals surface area contributed by atoms with Crippen molar-refractivity contribution in [1.29, 1.82) is 0 Å². The minimum atomic E-state index is -1.13. The molecule has 3 heterocycles. The molecule has 3 aliphatic heterocycles. The third-order valence-corrected chi connectivity index (χ3v) is 10.0. The van der Waals surface area contributed by atoms with Crippen LogP contribution in [0.15, 0.2) is 49.6 Å². The fourth-order valence-electron chi connectivity index (χ4n) is 7.86. The number of nitrogens with zero attached hydrogens (tertiary/aromatic N) is 3. The van der Waals surface area contributed by atoms with Crippen molar-refractivity contribution in [2.45, 2.75) is 96.4 Å². The first-order valence-corrected chi connectivity index (χ1v) is 16.5. The molecule has 6 atom stereocenters. The second-order valence-electron chi connectivity index (χ2n) is 13.9. The molecule has 3 fully saturated rings. The van der Waals surface area contributed by atoms with Crippen LogP contribution in [-0.4, -0.2) is 88.3 Å². The lowest BCUT2D eigenvalue weighted by atomic mass is 9.62. The summed E-state index contributed by atoms with van der Waals surface area (Å²) in [4.78, 5) is 49.2. The Labute approximate surface area is 269 Å². The molecule has 2 bridgehead atoms. The minimum absolute atomic E-state index is 0.0660. The number of fused-ring (bicyclic) bond motifs is 1. The molecule has 1 spiro atoms. The Morgan fingerprint density at radius 1 is 1.09 bits per heavy atom. The average Bonchev–Trinajstić information content (AvgIpc) is 3.50. The molecule has 248 valence electrons. The van der Waals surface area contributed by atoms with Crippen LogP contribution < -0.4 is 9.64 Å². The monoisotopic (exact) mass is 623 g/mol. The van der Waals surface area contributed by atoms with Crippen molar-refractivity contribution in [3.63, 3.8) is 0 Å². The number of amides is 3. The maximum absolute atomic E-state index is 14.7. The van der Waals surface area contributed by atoms with Crippen LogP contribution in [0, 0.1) is 17.8 Å². The van der Waals surface area contributed by atoms with Crippen LogP contribution in [0.2, 0.25) is 0 Å². The molecular formula is C36H53N3O6. The first-order valence-electron chi connectivity index (χ1n) is 16.5. The van der Waals surface area contributed by atoms with E-state index in [0.29, 0.717) is 50.4 Å². The standard InChI is InChI=1S/C36H53N3O6/c1-9-20-37(26-16-18-27(19-17-26)44-11-3)31(41)28-29-32(42)38(22-14-12-13-15-23-40)30(33(43)39(21-10-2)34(5,6)7)36(29)24-25(4)35(28,8)45-36/h9-10,16-19,25,28-30,40H,1-2,11-15,20-24H2,3-8H3/t25?,28-,29+,30?,35+,36?/m1/s1. The summed E-state index contributed by atoms with van der Waals surface area (Å²) in [7, 11) is 0. The quantitative estimate of drug-likeness (QED) is 0.219. The Bertz CT molecular complexity index is 1260. The number of anilines is 1. The Hall–Kier alpha value is -3.17. The Morgan fingerprint density at radius 3 is 2.31 bits per heavy atom. The second-order valence-corrected chi connectivity index (χ2v) is 13.9. The van der Waals surface area contributed by atoms with Gasteiger partial charge in [-0.15, -0.1) is 13.2 Å². The SMILES string of the molecule is C=CCN(C(=O)[C@H]1[C@H]2C(=O)N(CCCCCCO)C(C(=O)N(CC=C)C(C)(C)C)C23CC(C)[C@]1(C)O3)c1ccc(OCC)cc1. The molecule has 9 nitrogen and oxygen atoms in total. The first-order chi connectivity index (χ1) is 21.3. The van der Waals surface area contributed by atoms with Crippen molar-refractivity contribution in [3.8, 4) is 5.75 Å². The van der Waals surface area contributed by atoms with Gasteiger partial charge in [0.15, 0.2) is 0 Å².